The molecule has 1 aromatic carbocycles. The molecule has 7 nitrogen and oxygen atoms in total. The summed E-state index contributed by atoms with van der Waals surface area (Å²) in [6.45, 7) is 9.91. The van der Waals surface area contributed by atoms with E-state index in [0.29, 0.717) is 38.6 Å². The first-order chi connectivity index (χ1) is 16.4. The summed E-state index contributed by atoms with van der Waals surface area (Å²) < 4.78 is 0. The summed E-state index contributed by atoms with van der Waals surface area (Å²) in [6, 6.07) is 12.3. The lowest BCUT2D eigenvalue weighted by Crippen LogP contribution is -2.53. The highest BCUT2D eigenvalue weighted by molar-refractivity contribution is 5.86. The molecule has 1 aliphatic heterocycles. The molecule has 1 saturated heterocycles. The second-order valence-electron chi connectivity index (χ2n) is 9.87. The third-order valence-electron chi connectivity index (χ3n) is 7.28. The van der Waals surface area contributed by atoms with Crippen molar-refractivity contribution in [3.05, 3.63) is 42.0 Å². The van der Waals surface area contributed by atoms with Crippen LogP contribution in [0, 0.1) is 18.8 Å². The summed E-state index contributed by atoms with van der Waals surface area (Å²) >= 11 is 0. The maximum atomic E-state index is 13.1. The molecule has 2 heterocycles. The molecular weight excluding hydrogens is 426 g/mol. The van der Waals surface area contributed by atoms with Gasteiger partial charge in [0.2, 0.25) is 11.8 Å². The van der Waals surface area contributed by atoms with E-state index in [-0.39, 0.29) is 24.3 Å². The molecule has 0 spiro atoms. The molecule has 34 heavy (non-hydrogen) atoms. The third kappa shape index (κ3) is 5.75. The Morgan fingerprint density at radius 1 is 1.03 bits per heavy atom. The minimum Gasteiger partial charge on any atom is -0.352 e. The first kappa shape index (κ1) is 24.2. The fraction of sp³-hybridized carbons (Fsp3) is 0.556. The van der Waals surface area contributed by atoms with Crippen molar-refractivity contribution in [1.82, 2.24) is 20.0 Å². The predicted molar refractivity (Wildman–Crippen MR) is 134 cm³/mol. The molecule has 7 heteroatoms. The first-order valence-electron chi connectivity index (χ1n) is 12.7. The van der Waals surface area contributed by atoms with Gasteiger partial charge in [0.15, 0.2) is 5.82 Å². The third-order valence-corrected chi connectivity index (χ3v) is 7.28. The highest BCUT2D eigenvalue weighted by Gasteiger charge is 2.32. The Hall–Kier alpha value is -2.96. The van der Waals surface area contributed by atoms with Gasteiger partial charge in [0.1, 0.15) is 0 Å². The summed E-state index contributed by atoms with van der Waals surface area (Å²) in [5.41, 5.74) is 3.13. The SMILES string of the molecule is CCC(C)CN(CC(=O)N1CCN(c2ccc(-c3ccc(C)cc3)nn2)CC1)C(=O)C1CCC1. The van der Waals surface area contributed by atoms with Crippen molar-refractivity contribution < 1.29 is 9.59 Å². The van der Waals surface area contributed by atoms with Crippen molar-refractivity contribution in [2.24, 2.45) is 11.8 Å². The number of benzene rings is 1. The lowest BCUT2D eigenvalue weighted by atomic mass is 9.84. The summed E-state index contributed by atoms with van der Waals surface area (Å²) in [7, 11) is 0. The minimum absolute atomic E-state index is 0.0522. The van der Waals surface area contributed by atoms with Crippen LogP contribution in [0.15, 0.2) is 36.4 Å². The summed E-state index contributed by atoms with van der Waals surface area (Å²) in [4.78, 5) is 31.9. The van der Waals surface area contributed by atoms with E-state index >= 15 is 0 Å². The molecule has 4 rings (SSSR count). The molecule has 1 saturated carbocycles. The van der Waals surface area contributed by atoms with Gasteiger partial charge >= 0.3 is 0 Å². The van der Waals surface area contributed by atoms with Crippen molar-refractivity contribution >= 4 is 17.6 Å². The molecule has 1 aromatic heterocycles. The number of hydrogen-bond donors (Lipinski definition) is 0. The van der Waals surface area contributed by atoms with E-state index in [1.54, 1.807) is 0 Å². The number of nitrogens with zero attached hydrogens (tertiary/aromatic N) is 5. The molecule has 2 fully saturated rings. The number of carbonyl (C=O) groups excluding carboxylic acids is 2. The molecule has 0 radical (unpaired) electrons. The Labute approximate surface area is 203 Å². The number of hydrogen-bond acceptors (Lipinski definition) is 5. The molecule has 1 atom stereocenters. The van der Waals surface area contributed by atoms with Crippen LogP contribution in [0.25, 0.3) is 11.3 Å². The maximum absolute atomic E-state index is 13.1. The number of rotatable bonds is 8. The lowest BCUT2D eigenvalue weighted by Gasteiger charge is -2.37. The van der Waals surface area contributed by atoms with E-state index < -0.39 is 0 Å². The Morgan fingerprint density at radius 3 is 2.29 bits per heavy atom. The van der Waals surface area contributed by atoms with Gasteiger partial charge in [-0.2, -0.15) is 0 Å². The van der Waals surface area contributed by atoms with E-state index in [1.165, 1.54) is 5.56 Å². The van der Waals surface area contributed by atoms with Gasteiger partial charge < -0.3 is 14.7 Å². The number of carbonyl (C=O) groups is 2. The van der Waals surface area contributed by atoms with Crippen LogP contribution in [-0.4, -0.2) is 71.1 Å². The first-order valence-corrected chi connectivity index (χ1v) is 12.7. The number of aromatic nitrogens is 2. The average molecular weight is 464 g/mol. The average Bonchev–Trinajstić information content (AvgIpc) is 2.83. The Morgan fingerprint density at radius 2 is 1.74 bits per heavy atom. The summed E-state index contributed by atoms with van der Waals surface area (Å²) in [5, 5.41) is 8.86. The molecular formula is C27H37N5O2. The van der Waals surface area contributed by atoms with Crippen LogP contribution in [0.5, 0.6) is 0 Å². The van der Waals surface area contributed by atoms with Crippen LogP contribution in [0.4, 0.5) is 5.82 Å². The Bertz CT molecular complexity index is 964. The Kier molecular flexibility index (Phi) is 7.80. The van der Waals surface area contributed by atoms with Gasteiger partial charge in [0.05, 0.1) is 12.2 Å². The largest absolute Gasteiger partial charge is 0.352 e. The second-order valence-corrected chi connectivity index (χ2v) is 9.87. The predicted octanol–water partition coefficient (Wildman–Crippen LogP) is 3.78. The standard InChI is InChI=1S/C27H37N5O2/c1-4-20(2)18-32(27(34)23-6-5-7-23)19-26(33)31-16-14-30(15-17-31)25-13-12-24(28-29-25)22-10-8-21(3)9-11-22/h8-13,20,23H,4-7,14-19H2,1-3H3. The second kappa shape index (κ2) is 11.0. The van der Waals surface area contributed by atoms with Gasteiger partial charge in [-0.3, -0.25) is 9.59 Å². The minimum atomic E-state index is 0.0522. The number of anilines is 1. The van der Waals surface area contributed by atoms with E-state index in [4.69, 9.17) is 0 Å². The fourth-order valence-corrected chi connectivity index (χ4v) is 4.47. The summed E-state index contributed by atoms with van der Waals surface area (Å²) in [6.07, 6.45) is 4.06. The highest BCUT2D eigenvalue weighted by Crippen LogP contribution is 2.29. The van der Waals surface area contributed by atoms with Gasteiger partial charge in [-0.25, -0.2) is 0 Å². The number of aryl methyl sites for hydroxylation is 1. The molecule has 2 aliphatic rings. The van der Waals surface area contributed by atoms with Crippen LogP contribution < -0.4 is 4.90 Å². The molecule has 182 valence electrons. The van der Waals surface area contributed by atoms with Crippen LogP contribution >= 0.6 is 0 Å². The fourth-order valence-electron chi connectivity index (χ4n) is 4.47. The smallest absolute Gasteiger partial charge is 0.242 e. The van der Waals surface area contributed by atoms with Gasteiger partial charge in [0.25, 0.3) is 0 Å². The molecule has 2 aromatic rings. The molecule has 0 bridgehead atoms. The van der Waals surface area contributed by atoms with E-state index in [1.807, 2.05) is 21.9 Å². The number of amides is 2. The van der Waals surface area contributed by atoms with Crippen LogP contribution in [0.3, 0.4) is 0 Å². The highest BCUT2D eigenvalue weighted by atomic mass is 16.2. The maximum Gasteiger partial charge on any atom is 0.242 e. The van der Waals surface area contributed by atoms with Gasteiger partial charge in [-0.1, -0.05) is 56.5 Å². The van der Waals surface area contributed by atoms with Gasteiger partial charge in [-0.15, -0.1) is 10.2 Å². The normalized spacial score (nSPS) is 17.3. The zero-order chi connectivity index (χ0) is 24.1. The van der Waals surface area contributed by atoms with Gasteiger partial charge in [0, 0.05) is 44.2 Å². The topological polar surface area (TPSA) is 69.6 Å². The van der Waals surface area contributed by atoms with Crippen molar-refractivity contribution in [3.8, 4) is 11.3 Å². The van der Waals surface area contributed by atoms with Gasteiger partial charge in [-0.05, 0) is 37.8 Å². The van der Waals surface area contributed by atoms with Crippen LogP contribution in [0.2, 0.25) is 0 Å². The monoisotopic (exact) mass is 463 g/mol. The van der Waals surface area contributed by atoms with E-state index in [9.17, 15) is 9.59 Å². The zero-order valence-corrected chi connectivity index (χ0v) is 20.7. The van der Waals surface area contributed by atoms with E-state index in [2.05, 4.69) is 60.1 Å². The number of piperazine rings is 1. The van der Waals surface area contributed by atoms with E-state index in [0.717, 1.165) is 42.8 Å². The quantitative estimate of drug-likeness (QED) is 0.596. The molecule has 0 N–H and O–H groups in total. The molecule has 1 aliphatic carbocycles. The van der Waals surface area contributed by atoms with Crippen LogP contribution in [-0.2, 0) is 9.59 Å². The van der Waals surface area contributed by atoms with Crippen molar-refractivity contribution in [3.63, 3.8) is 0 Å². The summed E-state index contributed by atoms with van der Waals surface area (Å²) in [5.74, 6) is 1.57. The lowest BCUT2D eigenvalue weighted by molar-refractivity contribution is -0.145. The van der Waals surface area contributed by atoms with Crippen molar-refractivity contribution in [1.29, 1.82) is 0 Å². The zero-order valence-electron chi connectivity index (χ0n) is 20.7. The van der Waals surface area contributed by atoms with Crippen molar-refractivity contribution in [2.45, 2.75) is 46.5 Å². The molecule has 2 amide bonds. The van der Waals surface area contributed by atoms with Crippen molar-refractivity contribution in [2.75, 3.05) is 44.2 Å². The Balaban J connectivity index is 1.31. The molecule has 1 unspecified atom stereocenters. The van der Waals surface area contributed by atoms with Crippen LogP contribution in [0.1, 0.15) is 45.1 Å².